The zero-order valence-corrected chi connectivity index (χ0v) is 13.0. The molecule has 5 nitrogen and oxygen atoms in total. The molecule has 1 saturated carbocycles. The summed E-state index contributed by atoms with van der Waals surface area (Å²) in [5, 5.41) is 12.9. The Morgan fingerprint density at radius 1 is 1.47 bits per heavy atom. The normalized spacial score (nSPS) is 27.4. The molecule has 2 rings (SSSR count). The van der Waals surface area contributed by atoms with Gasteiger partial charge in [0.05, 0.1) is 6.10 Å². The van der Waals surface area contributed by atoms with Crippen LogP contribution < -0.4 is 5.32 Å². The second-order valence-electron chi connectivity index (χ2n) is 5.31. The number of rotatable bonds is 7. The molecule has 0 spiro atoms. The maximum Gasteiger partial charge on any atom is 0.166 e. The summed E-state index contributed by atoms with van der Waals surface area (Å²) in [7, 11) is -3.06. The Labute approximate surface area is 120 Å². The van der Waals surface area contributed by atoms with Crippen molar-refractivity contribution in [2.45, 2.75) is 37.3 Å². The molecule has 1 aliphatic carbocycles. The van der Waals surface area contributed by atoms with E-state index in [0.29, 0.717) is 24.9 Å². The molecule has 0 aromatic carbocycles. The summed E-state index contributed by atoms with van der Waals surface area (Å²) in [5.74, 6) is 1.74. The molecule has 112 valence electrons. The number of nitrogens with one attached hydrogen (secondary N) is 1. The van der Waals surface area contributed by atoms with Crippen molar-refractivity contribution in [2.75, 3.05) is 36.9 Å². The van der Waals surface area contributed by atoms with Crippen molar-refractivity contribution in [1.82, 2.24) is 10.2 Å². The number of hydrogen-bond donors (Lipinski definition) is 2. The topological polar surface area (TPSA) is 69.6 Å². The van der Waals surface area contributed by atoms with Gasteiger partial charge in [0, 0.05) is 42.9 Å². The molecule has 2 fully saturated rings. The van der Waals surface area contributed by atoms with Gasteiger partial charge in [-0.25, -0.2) is 8.42 Å². The largest absolute Gasteiger partial charge is 0.390 e. The van der Waals surface area contributed by atoms with Crippen LogP contribution in [0.15, 0.2) is 0 Å². The molecule has 0 bridgehead atoms. The summed E-state index contributed by atoms with van der Waals surface area (Å²) in [5.41, 5.74) is 0. The summed E-state index contributed by atoms with van der Waals surface area (Å²) in [6.45, 7) is 3.45. The highest BCUT2D eigenvalue weighted by molar-refractivity contribution is 8.01. The van der Waals surface area contributed by atoms with Crippen LogP contribution in [-0.2, 0) is 9.84 Å². The summed E-state index contributed by atoms with van der Waals surface area (Å²) in [4.78, 5) is 1.94. The Hall–Kier alpha value is 0.180. The molecule has 0 aromatic heterocycles. The van der Waals surface area contributed by atoms with Crippen LogP contribution in [0.5, 0.6) is 0 Å². The molecule has 2 atom stereocenters. The highest BCUT2D eigenvalue weighted by Crippen LogP contribution is 2.22. The first-order valence-corrected chi connectivity index (χ1v) is 9.84. The van der Waals surface area contributed by atoms with Gasteiger partial charge in [0.1, 0.15) is 5.37 Å². The number of aliphatic hydroxyl groups is 1. The lowest BCUT2D eigenvalue weighted by Crippen LogP contribution is -2.51. The quantitative estimate of drug-likeness (QED) is 0.685. The third-order valence-corrected chi connectivity index (χ3v) is 7.00. The predicted molar refractivity (Wildman–Crippen MR) is 79.2 cm³/mol. The Morgan fingerprint density at radius 3 is 2.84 bits per heavy atom. The van der Waals surface area contributed by atoms with E-state index >= 15 is 0 Å². The van der Waals surface area contributed by atoms with Crippen LogP contribution in [0.3, 0.4) is 0 Å². The van der Waals surface area contributed by atoms with Crippen molar-refractivity contribution in [3.63, 3.8) is 0 Å². The zero-order chi connectivity index (χ0) is 13.9. The Bertz CT molecular complexity index is 384. The minimum atomic E-state index is -3.06. The van der Waals surface area contributed by atoms with E-state index in [1.807, 2.05) is 4.90 Å². The molecule has 19 heavy (non-hydrogen) atoms. The monoisotopic (exact) mass is 308 g/mol. The Morgan fingerprint density at radius 2 is 2.21 bits per heavy atom. The van der Waals surface area contributed by atoms with E-state index in [9.17, 15) is 13.5 Å². The van der Waals surface area contributed by atoms with E-state index < -0.39 is 21.3 Å². The van der Waals surface area contributed by atoms with Gasteiger partial charge in [0.15, 0.2) is 9.84 Å². The van der Waals surface area contributed by atoms with E-state index in [1.54, 1.807) is 18.7 Å². The predicted octanol–water partition coefficient (Wildman–Crippen LogP) is -0.0911. The van der Waals surface area contributed by atoms with Crippen LogP contribution in [0.2, 0.25) is 0 Å². The fraction of sp³-hybridized carbons (Fsp3) is 1.00. The van der Waals surface area contributed by atoms with Gasteiger partial charge in [-0.3, -0.25) is 4.90 Å². The number of thioether (sulfide) groups is 1. The van der Waals surface area contributed by atoms with Gasteiger partial charge in [-0.1, -0.05) is 6.92 Å². The van der Waals surface area contributed by atoms with E-state index in [-0.39, 0.29) is 5.75 Å². The van der Waals surface area contributed by atoms with Crippen molar-refractivity contribution >= 4 is 21.6 Å². The minimum Gasteiger partial charge on any atom is -0.390 e. The van der Waals surface area contributed by atoms with Crippen molar-refractivity contribution < 1.29 is 13.5 Å². The molecule has 1 aliphatic heterocycles. The summed E-state index contributed by atoms with van der Waals surface area (Å²) < 4.78 is 24.1. The van der Waals surface area contributed by atoms with Gasteiger partial charge < -0.3 is 10.4 Å². The van der Waals surface area contributed by atoms with Gasteiger partial charge in [-0.2, -0.15) is 11.8 Å². The SMILES string of the molecule is CCS(=O)(=O)C1CSCCN1CC(O)CNC1CC1. The molecular formula is C12H24N2O3S2. The van der Waals surface area contributed by atoms with Gasteiger partial charge in [0.25, 0.3) is 0 Å². The highest BCUT2D eigenvalue weighted by atomic mass is 32.2. The summed E-state index contributed by atoms with van der Waals surface area (Å²) in [6.07, 6.45) is 1.90. The molecule has 0 radical (unpaired) electrons. The maximum atomic E-state index is 12.1. The lowest BCUT2D eigenvalue weighted by atomic mass is 10.3. The zero-order valence-electron chi connectivity index (χ0n) is 11.4. The van der Waals surface area contributed by atoms with Gasteiger partial charge in [-0.15, -0.1) is 0 Å². The van der Waals surface area contributed by atoms with Crippen LogP contribution in [-0.4, -0.2) is 72.8 Å². The maximum absolute atomic E-state index is 12.1. The number of sulfone groups is 1. The fourth-order valence-electron chi connectivity index (χ4n) is 2.27. The number of hydrogen-bond acceptors (Lipinski definition) is 6. The molecule has 2 aliphatic rings. The number of aliphatic hydroxyl groups excluding tert-OH is 1. The first-order chi connectivity index (χ1) is 9.03. The van der Waals surface area contributed by atoms with Crippen molar-refractivity contribution in [3.8, 4) is 0 Å². The van der Waals surface area contributed by atoms with E-state index in [4.69, 9.17) is 0 Å². The summed E-state index contributed by atoms with van der Waals surface area (Å²) in [6, 6.07) is 0.571. The second-order valence-corrected chi connectivity index (χ2v) is 8.91. The lowest BCUT2D eigenvalue weighted by Gasteiger charge is -2.35. The van der Waals surface area contributed by atoms with Gasteiger partial charge in [-0.05, 0) is 12.8 Å². The van der Waals surface area contributed by atoms with Crippen LogP contribution in [0.1, 0.15) is 19.8 Å². The number of nitrogens with zero attached hydrogens (tertiary/aromatic N) is 1. The molecular weight excluding hydrogens is 284 g/mol. The Kier molecular flexibility index (Phi) is 5.54. The first kappa shape index (κ1) is 15.6. The average molecular weight is 308 g/mol. The molecule has 0 aromatic rings. The van der Waals surface area contributed by atoms with E-state index in [2.05, 4.69) is 5.32 Å². The van der Waals surface area contributed by atoms with Gasteiger partial charge >= 0.3 is 0 Å². The van der Waals surface area contributed by atoms with Crippen molar-refractivity contribution in [1.29, 1.82) is 0 Å². The van der Waals surface area contributed by atoms with Crippen LogP contribution >= 0.6 is 11.8 Å². The molecule has 0 amide bonds. The molecule has 1 heterocycles. The smallest absolute Gasteiger partial charge is 0.166 e. The van der Waals surface area contributed by atoms with Gasteiger partial charge in [0.2, 0.25) is 0 Å². The van der Waals surface area contributed by atoms with Crippen molar-refractivity contribution in [2.24, 2.45) is 0 Å². The third-order valence-electron chi connectivity index (χ3n) is 3.67. The minimum absolute atomic E-state index is 0.172. The molecule has 2 N–H and O–H groups in total. The highest BCUT2D eigenvalue weighted by Gasteiger charge is 2.33. The van der Waals surface area contributed by atoms with E-state index in [0.717, 1.165) is 12.3 Å². The molecule has 2 unspecified atom stereocenters. The second kappa shape index (κ2) is 6.76. The third kappa shape index (κ3) is 4.60. The summed E-state index contributed by atoms with van der Waals surface area (Å²) >= 11 is 1.69. The van der Waals surface area contributed by atoms with Crippen LogP contribution in [0, 0.1) is 0 Å². The standard InChI is InChI=1S/C12H24N2O3S2/c1-2-19(16,17)12-9-18-6-5-14(12)8-11(15)7-13-10-3-4-10/h10-13,15H,2-9H2,1H3. The van der Waals surface area contributed by atoms with Crippen LogP contribution in [0.4, 0.5) is 0 Å². The molecule has 1 saturated heterocycles. The Balaban J connectivity index is 1.87. The van der Waals surface area contributed by atoms with Crippen LogP contribution in [0.25, 0.3) is 0 Å². The van der Waals surface area contributed by atoms with E-state index in [1.165, 1.54) is 12.8 Å². The first-order valence-electron chi connectivity index (χ1n) is 6.97. The van der Waals surface area contributed by atoms with Crippen molar-refractivity contribution in [3.05, 3.63) is 0 Å². The fourth-order valence-corrected chi connectivity index (χ4v) is 5.36. The average Bonchev–Trinajstić information content (AvgIpc) is 3.21. The number of β-amino-alcohol motifs (C(OH)–C–C–N with tert-alkyl or cyclic N) is 1. The molecule has 7 heteroatoms. The lowest BCUT2D eigenvalue weighted by molar-refractivity contribution is 0.109.